The zero-order valence-corrected chi connectivity index (χ0v) is 16.3. The third kappa shape index (κ3) is 6.22. The number of nitrogens with zero attached hydrogens (tertiary/aromatic N) is 1. The topological polar surface area (TPSA) is 117 Å². The number of amides is 1. The minimum Gasteiger partial charge on any atom is -0.497 e. The highest BCUT2D eigenvalue weighted by molar-refractivity contribution is 6.34. The number of carbonyl (C=O) groups excluding carboxylic acids is 2. The number of esters is 1. The molecule has 0 aliphatic carbocycles. The SMILES string of the molecule is COc1ccc(OC)c(/C=C/C(=O)OCC(=O)Nc2ccc([N+](=O)[O-])cc2Cl)c1. The monoisotopic (exact) mass is 420 g/mol. The molecule has 0 unspecified atom stereocenters. The number of carbonyl (C=O) groups is 2. The summed E-state index contributed by atoms with van der Waals surface area (Å²) in [7, 11) is 3.00. The van der Waals surface area contributed by atoms with Crippen LogP contribution in [0.4, 0.5) is 11.4 Å². The molecule has 0 bridgehead atoms. The van der Waals surface area contributed by atoms with E-state index in [9.17, 15) is 19.7 Å². The van der Waals surface area contributed by atoms with E-state index < -0.39 is 23.4 Å². The summed E-state index contributed by atoms with van der Waals surface area (Å²) in [6, 6.07) is 8.65. The van der Waals surface area contributed by atoms with Gasteiger partial charge in [0.15, 0.2) is 6.61 Å². The molecule has 152 valence electrons. The predicted octanol–water partition coefficient (Wildman–Crippen LogP) is 3.46. The maximum absolute atomic E-state index is 11.9. The maximum Gasteiger partial charge on any atom is 0.331 e. The normalized spacial score (nSPS) is 10.4. The zero-order chi connectivity index (χ0) is 21.4. The molecule has 0 atom stereocenters. The summed E-state index contributed by atoms with van der Waals surface area (Å²) in [5.74, 6) is -0.292. The van der Waals surface area contributed by atoms with Crippen molar-refractivity contribution >= 4 is 40.9 Å². The van der Waals surface area contributed by atoms with Crippen molar-refractivity contribution in [1.82, 2.24) is 0 Å². The predicted molar refractivity (Wildman–Crippen MR) is 106 cm³/mol. The highest BCUT2D eigenvalue weighted by Gasteiger charge is 2.12. The molecule has 2 aromatic rings. The molecule has 10 heteroatoms. The van der Waals surface area contributed by atoms with Crippen molar-refractivity contribution < 1.29 is 28.7 Å². The van der Waals surface area contributed by atoms with Crippen LogP contribution >= 0.6 is 11.6 Å². The lowest BCUT2D eigenvalue weighted by Gasteiger charge is -2.08. The number of nitro benzene ring substituents is 1. The van der Waals surface area contributed by atoms with E-state index in [1.165, 1.54) is 32.4 Å². The van der Waals surface area contributed by atoms with Gasteiger partial charge < -0.3 is 19.5 Å². The van der Waals surface area contributed by atoms with E-state index in [2.05, 4.69) is 5.32 Å². The molecule has 1 N–H and O–H groups in total. The minimum absolute atomic E-state index is 0.0103. The fraction of sp³-hybridized carbons (Fsp3) is 0.158. The van der Waals surface area contributed by atoms with Gasteiger partial charge in [-0.3, -0.25) is 14.9 Å². The van der Waals surface area contributed by atoms with Gasteiger partial charge in [-0.2, -0.15) is 0 Å². The largest absolute Gasteiger partial charge is 0.497 e. The molecule has 0 radical (unpaired) electrons. The first-order valence-electron chi connectivity index (χ1n) is 8.14. The third-order valence-corrected chi connectivity index (χ3v) is 3.93. The standard InChI is InChI=1S/C19H17ClN2O7/c1-27-14-5-7-17(28-2)12(9-14)3-8-19(24)29-11-18(23)21-16-6-4-13(22(25)26)10-15(16)20/h3-10H,11H2,1-2H3,(H,21,23)/b8-3+. The smallest absolute Gasteiger partial charge is 0.331 e. The fourth-order valence-electron chi connectivity index (χ4n) is 2.22. The van der Waals surface area contributed by atoms with Crippen LogP contribution in [-0.2, 0) is 14.3 Å². The summed E-state index contributed by atoms with van der Waals surface area (Å²) in [6.07, 6.45) is 2.61. The summed E-state index contributed by atoms with van der Waals surface area (Å²) in [5, 5.41) is 13.1. The van der Waals surface area contributed by atoms with Crippen LogP contribution in [0, 0.1) is 10.1 Å². The van der Waals surface area contributed by atoms with Gasteiger partial charge in [-0.05, 0) is 30.3 Å². The Morgan fingerprint density at radius 3 is 2.55 bits per heavy atom. The third-order valence-electron chi connectivity index (χ3n) is 3.62. The molecule has 2 rings (SSSR count). The van der Waals surface area contributed by atoms with Crippen molar-refractivity contribution in [2.45, 2.75) is 0 Å². The van der Waals surface area contributed by atoms with Crippen LogP contribution in [0.2, 0.25) is 5.02 Å². The number of halogens is 1. The lowest BCUT2D eigenvalue weighted by atomic mass is 10.1. The van der Waals surface area contributed by atoms with E-state index in [0.29, 0.717) is 17.1 Å². The Morgan fingerprint density at radius 1 is 1.17 bits per heavy atom. The first-order chi connectivity index (χ1) is 13.8. The number of nitrogens with one attached hydrogen (secondary N) is 1. The molecule has 0 saturated heterocycles. The van der Waals surface area contributed by atoms with Gasteiger partial charge in [-0.25, -0.2) is 4.79 Å². The molecule has 9 nitrogen and oxygen atoms in total. The van der Waals surface area contributed by atoms with Gasteiger partial charge in [-0.1, -0.05) is 11.6 Å². The van der Waals surface area contributed by atoms with Crippen molar-refractivity contribution in [3.05, 3.63) is 63.2 Å². The van der Waals surface area contributed by atoms with E-state index in [4.69, 9.17) is 25.8 Å². The van der Waals surface area contributed by atoms with Crippen LogP contribution in [0.25, 0.3) is 6.08 Å². The number of methoxy groups -OCH3 is 2. The van der Waals surface area contributed by atoms with Crippen molar-refractivity contribution in [2.75, 3.05) is 26.1 Å². The molecule has 2 aromatic carbocycles. The van der Waals surface area contributed by atoms with Gasteiger partial charge in [0.1, 0.15) is 11.5 Å². The van der Waals surface area contributed by atoms with Crippen molar-refractivity contribution in [2.24, 2.45) is 0 Å². The number of ether oxygens (including phenoxy) is 3. The summed E-state index contributed by atoms with van der Waals surface area (Å²) < 4.78 is 15.2. The molecule has 0 heterocycles. The van der Waals surface area contributed by atoms with Crippen molar-refractivity contribution in [3.8, 4) is 11.5 Å². The highest BCUT2D eigenvalue weighted by Crippen LogP contribution is 2.27. The average Bonchev–Trinajstić information content (AvgIpc) is 2.71. The number of nitro groups is 1. The van der Waals surface area contributed by atoms with E-state index in [0.717, 1.165) is 12.1 Å². The molecular weight excluding hydrogens is 404 g/mol. The van der Waals surface area contributed by atoms with Crippen LogP contribution in [0.15, 0.2) is 42.5 Å². The second kappa shape index (κ2) is 10.1. The van der Waals surface area contributed by atoms with Crippen LogP contribution < -0.4 is 14.8 Å². The average molecular weight is 421 g/mol. The minimum atomic E-state index is -0.750. The molecule has 0 saturated carbocycles. The molecule has 0 fully saturated rings. The summed E-state index contributed by atoms with van der Waals surface area (Å²) in [5.41, 5.74) is 0.540. The van der Waals surface area contributed by atoms with Crippen molar-refractivity contribution in [3.63, 3.8) is 0 Å². The van der Waals surface area contributed by atoms with Gasteiger partial charge in [-0.15, -0.1) is 0 Å². The molecule has 0 aromatic heterocycles. The Kier molecular flexibility index (Phi) is 7.55. The Hall–Kier alpha value is -3.59. The molecule has 1 amide bonds. The van der Waals surface area contributed by atoms with Gasteiger partial charge in [0.2, 0.25) is 0 Å². The quantitative estimate of drug-likeness (QED) is 0.301. The zero-order valence-electron chi connectivity index (χ0n) is 15.5. The van der Waals surface area contributed by atoms with Crippen molar-refractivity contribution in [1.29, 1.82) is 0 Å². The second-order valence-corrected chi connectivity index (χ2v) is 5.93. The van der Waals surface area contributed by atoms with Crippen LogP contribution in [0.3, 0.4) is 0 Å². The Morgan fingerprint density at radius 2 is 1.93 bits per heavy atom. The maximum atomic E-state index is 11.9. The molecule has 0 aliphatic heterocycles. The molecule has 29 heavy (non-hydrogen) atoms. The van der Waals surface area contributed by atoms with Gasteiger partial charge in [0.05, 0.1) is 29.9 Å². The van der Waals surface area contributed by atoms with Gasteiger partial charge >= 0.3 is 5.97 Å². The Bertz CT molecular complexity index is 960. The van der Waals surface area contributed by atoms with E-state index in [1.54, 1.807) is 18.2 Å². The summed E-state index contributed by atoms with van der Waals surface area (Å²) in [4.78, 5) is 33.8. The van der Waals surface area contributed by atoms with Gasteiger partial charge in [0, 0.05) is 23.8 Å². The number of benzene rings is 2. The number of hydrogen-bond acceptors (Lipinski definition) is 7. The molecule has 0 aliphatic rings. The van der Waals surface area contributed by atoms with Crippen LogP contribution in [0.5, 0.6) is 11.5 Å². The lowest BCUT2D eigenvalue weighted by molar-refractivity contribution is -0.384. The Balaban J connectivity index is 1.93. The van der Waals surface area contributed by atoms with Crippen LogP contribution in [0.1, 0.15) is 5.56 Å². The summed E-state index contributed by atoms with van der Waals surface area (Å²) >= 11 is 5.89. The first kappa shape index (κ1) is 21.7. The lowest BCUT2D eigenvalue weighted by Crippen LogP contribution is -2.20. The fourth-order valence-corrected chi connectivity index (χ4v) is 2.44. The second-order valence-electron chi connectivity index (χ2n) is 5.52. The van der Waals surface area contributed by atoms with E-state index in [1.807, 2.05) is 0 Å². The number of non-ortho nitro benzene ring substituents is 1. The van der Waals surface area contributed by atoms with Gasteiger partial charge in [0.25, 0.3) is 11.6 Å². The first-order valence-corrected chi connectivity index (χ1v) is 8.52. The van der Waals surface area contributed by atoms with E-state index in [-0.39, 0.29) is 16.4 Å². The molecular formula is C19H17ClN2O7. The highest BCUT2D eigenvalue weighted by atomic mass is 35.5. The number of rotatable bonds is 8. The number of anilines is 1. The summed E-state index contributed by atoms with van der Waals surface area (Å²) in [6.45, 7) is -0.564. The van der Waals surface area contributed by atoms with Crippen LogP contribution in [-0.4, -0.2) is 37.6 Å². The van der Waals surface area contributed by atoms with E-state index >= 15 is 0 Å². The number of hydrogen-bond donors (Lipinski definition) is 1. The molecule has 0 spiro atoms. The Labute approximate surface area is 171 Å².